The number of urea groups is 1. The van der Waals surface area contributed by atoms with Crippen molar-refractivity contribution in [3.63, 3.8) is 0 Å². The van der Waals surface area contributed by atoms with Gasteiger partial charge in [0.25, 0.3) is 0 Å². The molecule has 0 bridgehead atoms. The van der Waals surface area contributed by atoms with Crippen LogP contribution in [0.5, 0.6) is 0 Å². The highest BCUT2D eigenvalue weighted by molar-refractivity contribution is 5.74. The van der Waals surface area contributed by atoms with Crippen LogP contribution in [-0.4, -0.2) is 41.8 Å². The number of carbonyl (C=O) groups excluding carboxylic acids is 1. The zero-order chi connectivity index (χ0) is 15.4. The topological polar surface area (TPSA) is 52.6 Å². The first-order valence-electron chi connectivity index (χ1n) is 7.72. The Bertz CT molecular complexity index is 502. The summed E-state index contributed by atoms with van der Waals surface area (Å²) in [6.45, 7) is 7.82. The first-order valence-corrected chi connectivity index (χ1v) is 7.72. The van der Waals surface area contributed by atoms with Gasteiger partial charge >= 0.3 is 6.03 Å². The summed E-state index contributed by atoms with van der Waals surface area (Å²) >= 11 is 0. The van der Waals surface area contributed by atoms with E-state index < -0.39 is 0 Å². The van der Waals surface area contributed by atoms with Gasteiger partial charge in [-0.3, -0.25) is 0 Å². The molecule has 0 aromatic heterocycles. The van der Waals surface area contributed by atoms with Crippen LogP contribution in [0.2, 0.25) is 0 Å². The Morgan fingerprint density at radius 1 is 1.48 bits per heavy atom. The maximum Gasteiger partial charge on any atom is 0.317 e. The van der Waals surface area contributed by atoms with E-state index in [9.17, 15) is 4.79 Å². The number of hydrogen-bond donors (Lipinski definition) is 2. The second kappa shape index (κ2) is 6.94. The van der Waals surface area contributed by atoms with Crippen LogP contribution in [-0.2, 0) is 6.42 Å². The second-order valence-corrected chi connectivity index (χ2v) is 6.27. The Morgan fingerprint density at radius 2 is 2.24 bits per heavy atom. The zero-order valence-corrected chi connectivity index (χ0v) is 13.2. The van der Waals surface area contributed by atoms with E-state index in [0.717, 1.165) is 19.4 Å². The van der Waals surface area contributed by atoms with Gasteiger partial charge in [0.15, 0.2) is 0 Å². The maximum atomic E-state index is 12.2. The van der Waals surface area contributed by atoms with Crippen LogP contribution in [0.15, 0.2) is 18.2 Å². The summed E-state index contributed by atoms with van der Waals surface area (Å²) in [6.07, 6.45) is 1.74. The lowest BCUT2D eigenvalue weighted by molar-refractivity contribution is 0.195. The van der Waals surface area contributed by atoms with Gasteiger partial charge in [-0.15, -0.1) is 0 Å². The molecule has 4 heteroatoms. The number of hydrogen-bond acceptors (Lipinski definition) is 2. The van der Waals surface area contributed by atoms with E-state index in [1.54, 1.807) is 4.90 Å². The van der Waals surface area contributed by atoms with Crippen LogP contribution in [0.3, 0.4) is 0 Å². The number of benzene rings is 1. The van der Waals surface area contributed by atoms with Crippen molar-refractivity contribution in [2.24, 2.45) is 5.92 Å². The highest BCUT2D eigenvalue weighted by Crippen LogP contribution is 2.16. The summed E-state index contributed by atoms with van der Waals surface area (Å²) in [5.74, 6) is 0.241. The maximum absolute atomic E-state index is 12.2. The van der Waals surface area contributed by atoms with Crippen LogP contribution < -0.4 is 5.32 Å². The van der Waals surface area contributed by atoms with E-state index in [-0.39, 0.29) is 24.6 Å². The number of carbonyl (C=O) groups is 1. The smallest absolute Gasteiger partial charge is 0.317 e. The highest BCUT2D eigenvalue weighted by Gasteiger charge is 2.26. The van der Waals surface area contributed by atoms with Crippen molar-refractivity contribution in [3.05, 3.63) is 34.9 Å². The summed E-state index contributed by atoms with van der Waals surface area (Å²) < 4.78 is 0. The number of rotatable bonds is 4. The monoisotopic (exact) mass is 290 g/mol. The molecule has 2 amide bonds. The van der Waals surface area contributed by atoms with Crippen LogP contribution >= 0.6 is 0 Å². The third kappa shape index (κ3) is 4.21. The number of nitrogens with zero attached hydrogens (tertiary/aromatic N) is 1. The van der Waals surface area contributed by atoms with Crippen molar-refractivity contribution in [2.75, 3.05) is 19.7 Å². The lowest BCUT2D eigenvalue weighted by Crippen LogP contribution is -2.43. The van der Waals surface area contributed by atoms with Crippen molar-refractivity contribution in [1.29, 1.82) is 0 Å². The molecule has 1 heterocycles. The minimum absolute atomic E-state index is 0.0109. The van der Waals surface area contributed by atoms with Gasteiger partial charge in [-0.05, 0) is 44.7 Å². The third-order valence-corrected chi connectivity index (χ3v) is 4.23. The van der Waals surface area contributed by atoms with Crippen molar-refractivity contribution >= 4 is 6.03 Å². The van der Waals surface area contributed by atoms with Crippen LogP contribution in [0, 0.1) is 19.8 Å². The highest BCUT2D eigenvalue weighted by atomic mass is 16.3. The minimum Gasteiger partial charge on any atom is -0.396 e. The molecule has 1 aromatic carbocycles. The van der Waals surface area contributed by atoms with E-state index in [4.69, 9.17) is 5.11 Å². The predicted octanol–water partition coefficient (Wildman–Crippen LogP) is 2.26. The summed E-state index contributed by atoms with van der Waals surface area (Å²) in [4.78, 5) is 14.0. The molecule has 1 fully saturated rings. The second-order valence-electron chi connectivity index (χ2n) is 6.27. The first-order chi connectivity index (χ1) is 9.99. The number of aryl methyl sites for hydroxylation is 2. The number of likely N-dealkylation sites (tertiary alicyclic amines) is 1. The normalized spacial score (nSPS) is 19.6. The average Bonchev–Trinajstić information content (AvgIpc) is 2.91. The molecular weight excluding hydrogens is 264 g/mol. The molecule has 2 unspecified atom stereocenters. The summed E-state index contributed by atoms with van der Waals surface area (Å²) in [5, 5.41) is 12.2. The molecule has 21 heavy (non-hydrogen) atoms. The number of aliphatic hydroxyl groups excluding tert-OH is 1. The molecule has 2 atom stereocenters. The molecule has 1 aromatic rings. The van der Waals surface area contributed by atoms with Gasteiger partial charge in [0, 0.05) is 31.7 Å². The molecule has 1 saturated heterocycles. The van der Waals surface area contributed by atoms with Crippen LogP contribution in [0.25, 0.3) is 0 Å². The van der Waals surface area contributed by atoms with Gasteiger partial charge < -0.3 is 15.3 Å². The standard InChI is InChI=1S/C17H26N2O2/c1-12-4-5-16(13(2)8-12)9-14(3)18-17(21)19-7-6-15(10-19)11-20/h4-5,8,14-15,20H,6-7,9-11H2,1-3H3,(H,18,21). The molecule has 2 rings (SSSR count). The lowest BCUT2D eigenvalue weighted by Gasteiger charge is -2.21. The molecule has 0 aliphatic carbocycles. The Kier molecular flexibility index (Phi) is 5.23. The van der Waals surface area contributed by atoms with Gasteiger partial charge in [0.1, 0.15) is 0 Å². The molecule has 0 radical (unpaired) electrons. The number of aliphatic hydroxyl groups is 1. The molecule has 0 saturated carbocycles. The Morgan fingerprint density at radius 3 is 2.86 bits per heavy atom. The molecule has 0 spiro atoms. The van der Waals surface area contributed by atoms with Gasteiger partial charge in [0.05, 0.1) is 0 Å². The Balaban J connectivity index is 1.86. The van der Waals surface area contributed by atoms with Crippen LogP contribution in [0.1, 0.15) is 30.0 Å². The fourth-order valence-corrected chi connectivity index (χ4v) is 2.92. The molecule has 1 aliphatic heterocycles. The minimum atomic E-state index is -0.0109. The van der Waals surface area contributed by atoms with Gasteiger partial charge in [-0.2, -0.15) is 0 Å². The molecule has 1 aliphatic rings. The molecule has 4 nitrogen and oxygen atoms in total. The van der Waals surface area contributed by atoms with Crippen LogP contribution in [0.4, 0.5) is 4.79 Å². The van der Waals surface area contributed by atoms with Crippen molar-refractivity contribution in [2.45, 2.75) is 39.7 Å². The number of nitrogens with one attached hydrogen (secondary N) is 1. The van der Waals surface area contributed by atoms with E-state index in [1.807, 2.05) is 6.92 Å². The fourth-order valence-electron chi connectivity index (χ4n) is 2.92. The van der Waals surface area contributed by atoms with Crippen molar-refractivity contribution in [3.8, 4) is 0 Å². The molecule has 116 valence electrons. The summed E-state index contributed by atoms with van der Waals surface area (Å²) in [7, 11) is 0. The first kappa shape index (κ1) is 15.8. The average molecular weight is 290 g/mol. The third-order valence-electron chi connectivity index (χ3n) is 4.23. The number of amides is 2. The Hall–Kier alpha value is -1.55. The van der Waals surface area contributed by atoms with Gasteiger partial charge in [-0.1, -0.05) is 23.8 Å². The van der Waals surface area contributed by atoms with E-state index in [1.165, 1.54) is 16.7 Å². The van der Waals surface area contributed by atoms with Crippen molar-refractivity contribution in [1.82, 2.24) is 10.2 Å². The summed E-state index contributed by atoms with van der Waals surface area (Å²) in [5.41, 5.74) is 3.82. The SMILES string of the molecule is Cc1ccc(CC(C)NC(=O)N2CCC(CO)C2)c(C)c1. The quantitative estimate of drug-likeness (QED) is 0.893. The van der Waals surface area contributed by atoms with E-state index in [2.05, 4.69) is 37.4 Å². The lowest BCUT2D eigenvalue weighted by atomic mass is 10.00. The van der Waals surface area contributed by atoms with E-state index in [0.29, 0.717) is 6.54 Å². The van der Waals surface area contributed by atoms with Gasteiger partial charge in [-0.25, -0.2) is 4.79 Å². The molecule has 2 N–H and O–H groups in total. The fraction of sp³-hybridized carbons (Fsp3) is 0.588. The summed E-state index contributed by atoms with van der Waals surface area (Å²) in [6, 6.07) is 6.53. The van der Waals surface area contributed by atoms with Gasteiger partial charge in [0.2, 0.25) is 0 Å². The largest absolute Gasteiger partial charge is 0.396 e. The predicted molar refractivity (Wildman–Crippen MR) is 84.4 cm³/mol. The molecular formula is C17H26N2O2. The van der Waals surface area contributed by atoms with E-state index >= 15 is 0 Å². The Labute approximate surface area is 127 Å². The van der Waals surface area contributed by atoms with Crippen molar-refractivity contribution < 1.29 is 9.90 Å². The zero-order valence-electron chi connectivity index (χ0n) is 13.2.